The minimum Gasteiger partial charge on any atom is -0.389 e. The number of hydrogen-bond donors (Lipinski definition) is 1. The average Bonchev–Trinajstić information content (AvgIpc) is 2.91. The standard InChI is InChI=1S/C15H24N2O/c1-2-15(18,12-7-8-12)11-13-9-10-17(16-13)14-5-3-4-6-14/h9-10,12,14,18H,2-8,11H2,1H3. The zero-order valence-corrected chi connectivity index (χ0v) is 11.3. The fourth-order valence-corrected chi connectivity index (χ4v) is 3.34. The third-order valence-electron chi connectivity index (χ3n) is 4.80. The first-order valence-corrected chi connectivity index (χ1v) is 7.48. The average molecular weight is 248 g/mol. The highest BCUT2D eigenvalue weighted by Crippen LogP contribution is 2.43. The van der Waals surface area contributed by atoms with E-state index in [2.05, 4.69) is 23.9 Å². The summed E-state index contributed by atoms with van der Waals surface area (Å²) in [7, 11) is 0. The van der Waals surface area contributed by atoms with E-state index in [4.69, 9.17) is 5.10 Å². The molecule has 1 aromatic rings. The van der Waals surface area contributed by atoms with Crippen LogP contribution in [0, 0.1) is 5.92 Å². The molecule has 1 aromatic heterocycles. The molecule has 0 bridgehead atoms. The highest BCUT2D eigenvalue weighted by Gasteiger charge is 2.42. The van der Waals surface area contributed by atoms with Gasteiger partial charge in [-0.1, -0.05) is 19.8 Å². The Bertz CT molecular complexity index is 404. The Kier molecular flexibility index (Phi) is 3.18. The normalized spacial score (nSPS) is 24.3. The lowest BCUT2D eigenvalue weighted by molar-refractivity contribution is 0.0128. The van der Waals surface area contributed by atoms with Crippen molar-refractivity contribution in [1.29, 1.82) is 0 Å². The lowest BCUT2D eigenvalue weighted by atomic mass is 9.89. The maximum Gasteiger partial charge on any atom is 0.0729 e. The van der Waals surface area contributed by atoms with Gasteiger partial charge in [0.2, 0.25) is 0 Å². The van der Waals surface area contributed by atoms with E-state index in [0.29, 0.717) is 12.0 Å². The van der Waals surface area contributed by atoms with E-state index in [0.717, 1.165) is 18.5 Å². The molecule has 0 radical (unpaired) electrons. The summed E-state index contributed by atoms with van der Waals surface area (Å²) < 4.78 is 2.13. The fraction of sp³-hybridized carbons (Fsp3) is 0.800. The Labute approximate surface area is 109 Å². The number of hydrogen-bond acceptors (Lipinski definition) is 2. The van der Waals surface area contributed by atoms with Crippen molar-refractivity contribution in [2.45, 2.75) is 69.9 Å². The lowest BCUT2D eigenvalue weighted by Crippen LogP contribution is -2.33. The van der Waals surface area contributed by atoms with Gasteiger partial charge in [-0.05, 0) is 44.1 Å². The second-order valence-electron chi connectivity index (χ2n) is 6.13. The molecule has 0 spiro atoms. The number of rotatable bonds is 5. The van der Waals surface area contributed by atoms with Crippen LogP contribution in [0.3, 0.4) is 0 Å². The molecular formula is C15H24N2O. The zero-order valence-electron chi connectivity index (χ0n) is 11.3. The zero-order chi connectivity index (χ0) is 12.6. The molecular weight excluding hydrogens is 224 g/mol. The topological polar surface area (TPSA) is 38.0 Å². The Hall–Kier alpha value is -0.830. The van der Waals surface area contributed by atoms with E-state index in [1.165, 1.54) is 38.5 Å². The van der Waals surface area contributed by atoms with Gasteiger partial charge in [-0.3, -0.25) is 4.68 Å². The van der Waals surface area contributed by atoms with Gasteiger partial charge in [0.05, 0.1) is 17.3 Å². The first-order valence-electron chi connectivity index (χ1n) is 7.48. The number of aliphatic hydroxyl groups is 1. The smallest absolute Gasteiger partial charge is 0.0729 e. The van der Waals surface area contributed by atoms with E-state index < -0.39 is 5.60 Å². The van der Waals surface area contributed by atoms with E-state index in [9.17, 15) is 5.11 Å². The van der Waals surface area contributed by atoms with Gasteiger partial charge >= 0.3 is 0 Å². The Morgan fingerprint density at radius 3 is 2.67 bits per heavy atom. The molecule has 1 N–H and O–H groups in total. The van der Waals surface area contributed by atoms with E-state index in [1.54, 1.807) is 0 Å². The molecule has 3 rings (SSSR count). The van der Waals surface area contributed by atoms with Crippen molar-refractivity contribution >= 4 is 0 Å². The molecule has 1 heterocycles. The van der Waals surface area contributed by atoms with Gasteiger partial charge < -0.3 is 5.11 Å². The number of aromatic nitrogens is 2. The largest absolute Gasteiger partial charge is 0.389 e. The Balaban J connectivity index is 1.69. The molecule has 1 atom stereocenters. The van der Waals surface area contributed by atoms with Crippen molar-refractivity contribution in [2.75, 3.05) is 0 Å². The van der Waals surface area contributed by atoms with Crippen molar-refractivity contribution in [3.05, 3.63) is 18.0 Å². The van der Waals surface area contributed by atoms with Gasteiger partial charge in [-0.25, -0.2) is 0 Å². The van der Waals surface area contributed by atoms with Crippen LogP contribution in [-0.2, 0) is 6.42 Å². The van der Waals surface area contributed by atoms with E-state index >= 15 is 0 Å². The van der Waals surface area contributed by atoms with Crippen LogP contribution in [0.5, 0.6) is 0 Å². The van der Waals surface area contributed by atoms with Crippen LogP contribution >= 0.6 is 0 Å². The summed E-state index contributed by atoms with van der Waals surface area (Å²) in [6, 6.07) is 2.70. The van der Waals surface area contributed by atoms with Crippen molar-refractivity contribution in [3.8, 4) is 0 Å². The van der Waals surface area contributed by atoms with Crippen molar-refractivity contribution in [3.63, 3.8) is 0 Å². The molecule has 18 heavy (non-hydrogen) atoms. The van der Waals surface area contributed by atoms with Gasteiger partial charge in [0.1, 0.15) is 0 Å². The van der Waals surface area contributed by atoms with Crippen molar-refractivity contribution < 1.29 is 5.11 Å². The summed E-state index contributed by atoms with van der Waals surface area (Å²) in [5, 5.41) is 15.3. The predicted octanol–water partition coefficient (Wildman–Crippen LogP) is 3.09. The van der Waals surface area contributed by atoms with Gasteiger partial charge in [0, 0.05) is 12.6 Å². The molecule has 2 saturated carbocycles. The van der Waals surface area contributed by atoms with Crippen LogP contribution in [0.1, 0.15) is 63.6 Å². The van der Waals surface area contributed by atoms with Crippen LogP contribution in [0.2, 0.25) is 0 Å². The highest BCUT2D eigenvalue weighted by molar-refractivity contribution is 5.08. The first kappa shape index (κ1) is 12.2. The third kappa shape index (κ3) is 2.33. The van der Waals surface area contributed by atoms with Gasteiger partial charge in [0.25, 0.3) is 0 Å². The molecule has 100 valence electrons. The lowest BCUT2D eigenvalue weighted by Gasteiger charge is -2.25. The SMILES string of the molecule is CCC(O)(Cc1ccn(C2CCCC2)n1)C1CC1. The maximum absolute atomic E-state index is 10.6. The molecule has 2 aliphatic carbocycles. The fourth-order valence-electron chi connectivity index (χ4n) is 3.34. The summed E-state index contributed by atoms with van der Waals surface area (Å²) in [5.74, 6) is 0.513. The second-order valence-corrected chi connectivity index (χ2v) is 6.13. The van der Waals surface area contributed by atoms with Crippen LogP contribution < -0.4 is 0 Å². The summed E-state index contributed by atoms with van der Waals surface area (Å²) in [4.78, 5) is 0. The molecule has 0 amide bonds. The second kappa shape index (κ2) is 4.69. The summed E-state index contributed by atoms with van der Waals surface area (Å²) in [5.41, 5.74) is 0.563. The first-order chi connectivity index (χ1) is 8.71. The van der Waals surface area contributed by atoms with Crippen LogP contribution in [-0.4, -0.2) is 20.5 Å². The molecule has 3 nitrogen and oxygen atoms in total. The Morgan fingerprint density at radius 1 is 1.33 bits per heavy atom. The molecule has 2 fully saturated rings. The van der Waals surface area contributed by atoms with Crippen LogP contribution in [0.4, 0.5) is 0 Å². The molecule has 0 saturated heterocycles. The highest BCUT2D eigenvalue weighted by atomic mass is 16.3. The third-order valence-corrected chi connectivity index (χ3v) is 4.80. The maximum atomic E-state index is 10.6. The van der Waals surface area contributed by atoms with Crippen molar-refractivity contribution in [2.24, 2.45) is 5.92 Å². The molecule has 0 aliphatic heterocycles. The summed E-state index contributed by atoms with van der Waals surface area (Å²) in [6.07, 6.45) is 11.3. The summed E-state index contributed by atoms with van der Waals surface area (Å²) >= 11 is 0. The quantitative estimate of drug-likeness (QED) is 0.869. The minimum atomic E-state index is -0.505. The summed E-state index contributed by atoms with van der Waals surface area (Å²) in [6.45, 7) is 2.09. The molecule has 0 aromatic carbocycles. The monoisotopic (exact) mass is 248 g/mol. The molecule has 2 aliphatic rings. The van der Waals surface area contributed by atoms with Gasteiger partial charge in [0.15, 0.2) is 0 Å². The van der Waals surface area contributed by atoms with Gasteiger partial charge in [-0.2, -0.15) is 5.10 Å². The van der Waals surface area contributed by atoms with Crippen molar-refractivity contribution in [1.82, 2.24) is 9.78 Å². The van der Waals surface area contributed by atoms with E-state index in [-0.39, 0.29) is 0 Å². The predicted molar refractivity (Wildman–Crippen MR) is 71.4 cm³/mol. The van der Waals surface area contributed by atoms with Crippen LogP contribution in [0.25, 0.3) is 0 Å². The Morgan fingerprint density at radius 2 is 2.06 bits per heavy atom. The minimum absolute atomic E-state index is 0.505. The van der Waals surface area contributed by atoms with Gasteiger partial charge in [-0.15, -0.1) is 0 Å². The number of nitrogens with zero attached hydrogens (tertiary/aromatic N) is 2. The molecule has 1 unspecified atom stereocenters. The van der Waals surface area contributed by atoms with E-state index in [1.807, 2.05) is 0 Å². The van der Waals surface area contributed by atoms with Crippen LogP contribution in [0.15, 0.2) is 12.3 Å². The molecule has 3 heteroatoms.